The minimum absolute atomic E-state index is 0.122. The summed E-state index contributed by atoms with van der Waals surface area (Å²) in [4.78, 5) is -0.122. The number of sulfonamides is 1. The van der Waals surface area contributed by atoms with Crippen molar-refractivity contribution < 1.29 is 21.6 Å². The molecule has 0 aliphatic heterocycles. The second-order valence-electron chi connectivity index (χ2n) is 4.31. The molecule has 114 valence electrons. The van der Waals surface area contributed by atoms with Gasteiger partial charge < -0.3 is 5.73 Å². The molecule has 0 fully saturated rings. The standard InChI is InChI=1S/C11H14BrF3N2O2S/c1-7(5-11(13,14)15)17-20(18,19)10-3-2-8(6-16)4-9(10)12/h2-4,7,17H,5-6,16H2,1H3. The first-order valence-electron chi connectivity index (χ1n) is 5.63. The lowest BCUT2D eigenvalue weighted by Gasteiger charge is -2.16. The van der Waals surface area contributed by atoms with E-state index in [2.05, 4.69) is 15.9 Å². The van der Waals surface area contributed by atoms with Gasteiger partial charge in [0, 0.05) is 17.1 Å². The highest BCUT2D eigenvalue weighted by Gasteiger charge is 2.32. The Balaban J connectivity index is 2.94. The van der Waals surface area contributed by atoms with Crippen LogP contribution in [-0.2, 0) is 16.6 Å². The van der Waals surface area contributed by atoms with E-state index in [0.29, 0.717) is 5.56 Å². The van der Waals surface area contributed by atoms with Crippen molar-refractivity contribution in [3.8, 4) is 0 Å². The number of hydrogen-bond acceptors (Lipinski definition) is 3. The third-order valence-electron chi connectivity index (χ3n) is 2.42. The van der Waals surface area contributed by atoms with Crippen LogP contribution in [0.1, 0.15) is 18.9 Å². The predicted molar refractivity (Wildman–Crippen MR) is 72.5 cm³/mol. The number of benzene rings is 1. The molecule has 0 saturated heterocycles. The average molecular weight is 375 g/mol. The van der Waals surface area contributed by atoms with Crippen LogP contribution in [0.2, 0.25) is 0 Å². The maximum absolute atomic E-state index is 12.2. The molecule has 0 bridgehead atoms. The van der Waals surface area contributed by atoms with Gasteiger partial charge in [0.25, 0.3) is 0 Å². The van der Waals surface area contributed by atoms with Gasteiger partial charge in [0.1, 0.15) is 0 Å². The number of halogens is 4. The Labute approximate surface area is 123 Å². The molecule has 0 heterocycles. The smallest absolute Gasteiger partial charge is 0.326 e. The van der Waals surface area contributed by atoms with Crippen molar-refractivity contribution in [1.29, 1.82) is 0 Å². The Morgan fingerprint density at radius 2 is 2.00 bits per heavy atom. The molecule has 1 atom stereocenters. The van der Waals surface area contributed by atoms with Crippen LogP contribution in [0.5, 0.6) is 0 Å². The lowest BCUT2D eigenvalue weighted by atomic mass is 10.2. The third kappa shape index (κ3) is 5.04. The van der Waals surface area contributed by atoms with Gasteiger partial charge >= 0.3 is 6.18 Å². The van der Waals surface area contributed by atoms with Crippen LogP contribution in [0.4, 0.5) is 13.2 Å². The largest absolute Gasteiger partial charge is 0.390 e. The Hall–Kier alpha value is -0.640. The normalized spacial score (nSPS) is 14.3. The zero-order valence-corrected chi connectivity index (χ0v) is 12.9. The van der Waals surface area contributed by atoms with E-state index in [1.807, 2.05) is 4.72 Å². The van der Waals surface area contributed by atoms with E-state index in [1.165, 1.54) is 18.2 Å². The van der Waals surface area contributed by atoms with E-state index >= 15 is 0 Å². The lowest BCUT2D eigenvalue weighted by Crippen LogP contribution is -2.36. The highest BCUT2D eigenvalue weighted by atomic mass is 79.9. The lowest BCUT2D eigenvalue weighted by molar-refractivity contribution is -0.137. The zero-order chi connectivity index (χ0) is 15.6. The van der Waals surface area contributed by atoms with Crippen LogP contribution in [0, 0.1) is 0 Å². The Kier molecular flexibility index (Phi) is 5.59. The zero-order valence-electron chi connectivity index (χ0n) is 10.5. The van der Waals surface area contributed by atoms with Gasteiger partial charge in [0.05, 0.1) is 11.3 Å². The summed E-state index contributed by atoms with van der Waals surface area (Å²) >= 11 is 3.08. The number of nitrogens with one attached hydrogen (secondary N) is 1. The van der Waals surface area contributed by atoms with Crippen molar-refractivity contribution in [2.75, 3.05) is 0 Å². The van der Waals surface area contributed by atoms with Gasteiger partial charge in [-0.25, -0.2) is 13.1 Å². The van der Waals surface area contributed by atoms with E-state index in [1.54, 1.807) is 0 Å². The molecule has 0 aromatic heterocycles. The molecule has 0 amide bonds. The summed E-state index contributed by atoms with van der Waals surface area (Å²) in [6.45, 7) is 1.39. The van der Waals surface area contributed by atoms with Crippen LogP contribution in [0.15, 0.2) is 27.6 Å². The maximum atomic E-state index is 12.2. The second-order valence-corrected chi connectivity index (χ2v) is 6.85. The minimum Gasteiger partial charge on any atom is -0.326 e. The maximum Gasteiger partial charge on any atom is 0.390 e. The van der Waals surface area contributed by atoms with Crippen molar-refractivity contribution in [3.05, 3.63) is 28.2 Å². The third-order valence-corrected chi connectivity index (χ3v) is 4.98. The van der Waals surface area contributed by atoms with Crippen molar-refractivity contribution in [3.63, 3.8) is 0 Å². The van der Waals surface area contributed by atoms with Gasteiger partial charge in [-0.3, -0.25) is 0 Å². The Bertz CT molecular complexity index is 576. The fourth-order valence-corrected chi connectivity index (χ4v) is 3.97. The first-order valence-corrected chi connectivity index (χ1v) is 7.90. The van der Waals surface area contributed by atoms with Gasteiger partial charge in [0.2, 0.25) is 10.0 Å². The summed E-state index contributed by atoms with van der Waals surface area (Å²) in [7, 11) is -4.03. The van der Waals surface area contributed by atoms with Gasteiger partial charge in [-0.15, -0.1) is 0 Å². The number of alkyl halides is 3. The number of rotatable bonds is 5. The van der Waals surface area contributed by atoms with Crippen molar-refractivity contribution >= 4 is 26.0 Å². The summed E-state index contributed by atoms with van der Waals surface area (Å²) in [5.41, 5.74) is 6.12. The van der Waals surface area contributed by atoms with Gasteiger partial charge in [0.15, 0.2) is 0 Å². The molecule has 4 nitrogen and oxygen atoms in total. The Morgan fingerprint density at radius 3 is 2.45 bits per heavy atom. The summed E-state index contributed by atoms with van der Waals surface area (Å²) < 4.78 is 62.9. The molecule has 1 aromatic rings. The van der Waals surface area contributed by atoms with E-state index < -0.39 is 28.7 Å². The molecule has 0 radical (unpaired) electrons. The van der Waals surface area contributed by atoms with E-state index in [9.17, 15) is 21.6 Å². The topological polar surface area (TPSA) is 72.2 Å². The highest BCUT2D eigenvalue weighted by molar-refractivity contribution is 9.10. The van der Waals surface area contributed by atoms with Gasteiger partial charge in [-0.05, 0) is 40.5 Å². The van der Waals surface area contributed by atoms with Crippen molar-refractivity contribution in [1.82, 2.24) is 4.72 Å². The van der Waals surface area contributed by atoms with E-state index in [0.717, 1.165) is 6.92 Å². The van der Waals surface area contributed by atoms with Crippen molar-refractivity contribution in [2.24, 2.45) is 5.73 Å². The van der Waals surface area contributed by atoms with Gasteiger partial charge in [-0.1, -0.05) is 6.07 Å². The average Bonchev–Trinajstić information content (AvgIpc) is 2.24. The quantitative estimate of drug-likeness (QED) is 0.831. The summed E-state index contributed by atoms with van der Waals surface area (Å²) in [5, 5.41) is 0. The molecule has 0 aliphatic rings. The summed E-state index contributed by atoms with van der Waals surface area (Å²) in [6.07, 6.45) is -5.66. The first-order chi connectivity index (χ1) is 9.05. The minimum atomic E-state index is -4.43. The SMILES string of the molecule is CC(CC(F)(F)F)NS(=O)(=O)c1ccc(CN)cc1Br. The molecule has 0 aliphatic carbocycles. The molecule has 0 saturated carbocycles. The summed E-state index contributed by atoms with van der Waals surface area (Å²) in [5.74, 6) is 0. The molecule has 9 heteroatoms. The predicted octanol–water partition coefficient (Wildman–Crippen LogP) is 2.53. The monoisotopic (exact) mass is 374 g/mol. The van der Waals surface area contributed by atoms with Crippen LogP contribution < -0.4 is 10.5 Å². The molecule has 20 heavy (non-hydrogen) atoms. The van der Waals surface area contributed by atoms with E-state index in [4.69, 9.17) is 5.73 Å². The fraction of sp³-hybridized carbons (Fsp3) is 0.455. The van der Waals surface area contributed by atoms with Crippen molar-refractivity contribution in [2.45, 2.75) is 37.0 Å². The molecule has 3 N–H and O–H groups in total. The van der Waals surface area contributed by atoms with Gasteiger partial charge in [-0.2, -0.15) is 13.2 Å². The van der Waals surface area contributed by atoms with E-state index in [-0.39, 0.29) is 15.9 Å². The number of nitrogens with two attached hydrogens (primary N) is 1. The highest BCUT2D eigenvalue weighted by Crippen LogP contribution is 2.25. The molecular weight excluding hydrogens is 361 g/mol. The van der Waals surface area contributed by atoms with Crippen LogP contribution in [0.3, 0.4) is 0 Å². The molecule has 1 rings (SSSR count). The molecule has 0 spiro atoms. The Morgan fingerprint density at radius 1 is 1.40 bits per heavy atom. The first kappa shape index (κ1) is 17.4. The van der Waals surface area contributed by atoms with Crippen LogP contribution >= 0.6 is 15.9 Å². The second kappa shape index (κ2) is 6.42. The number of hydrogen-bond donors (Lipinski definition) is 2. The molecule has 1 unspecified atom stereocenters. The van der Waals surface area contributed by atoms with Crippen LogP contribution in [-0.4, -0.2) is 20.6 Å². The molecular formula is C11H14BrF3N2O2S. The fourth-order valence-electron chi connectivity index (χ4n) is 1.61. The summed E-state index contributed by atoms with van der Waals surface area (Å²) in [6, 6.07) is 3.08. The van der Waals surface area contributed by atoms with Crippen LogP contribution in [0.25, 0.3) is 0 Å². The molecule has 1 aromatic carbocycles.